The van der Waals surface area contributed by atoms with Crippen molar-refractivity contribution in [2.24, 2.45) is 0 Å². The highest BCUT2D eigenvalue weighted by atomic mass is 79.9. The Balaban J connectivity index is 2.58. The average Bonchev–Trinajstić information content (AvgIpc) is 2.34. The summed E-state index contributed by atoms with van der Waals surface area (Å²) in [6, 6.07) is 0.869. The number of halogens is 3. The van der Waals surface area contributed by atoms with Gasteiger partial charge in [0.15, 0.2) is 0 Å². The molecule has 0 radical (unpaired) electrons. The Hall–Kier alpha value is -1.70. The smallest absolute Gasteiger partial charge is 0.325 e. The van der Waals surface area contributed by atoms with Crippen LogP contribution in [0.1, 0.15) is 6.92 Å². The van der Waals surface area contributed by atoms with Gasteiger partial charge < -0.3 is 15.4 Å². The molecule has 0 aromatic heterocycles. The lowest BCUT2D eigenvalue weighted by Gasteiger charge is -2.08. The minimum absolute atomic E-state index is 0.0533. The number of rotatable bonds is 4. The third kappa shape index (κ3) is 4.82. The van der Waals surface area contributed by atoms with Crippen LogP contribution in [-0.2, 0) is 9.53 Å². The van der Waals surface area contributed by atoms with Gasteiger partial charge in [-0.3, -0.25) is 4.79 Å². The summed E-state index contributed by atoms with van der Waals surface area (Å²) in [5.74, 6) is -2.15. The predicted octanol–water partition coefficient (Wildman–Crippen LogP) is 2.41. The fourth-order valence-corrected chi connectivity index (χ4v) is 1.46. The first-order chi connectivity index (χ1) is 8.93. The molecule has 1 rings (SSSR count). The molecule has 0 fully saturated rings. The molecule has 19 heavy (non-hydrogen) atoms. The van der Waals surface area contributed by atoms with Crippen LogP contribution in [0.2, 0.25) is 0 Å². The van der Waals surface area contributed by atoms with Gasteiger partial charge in [0.05, 0.1) is 16.8 Å². The maximum absolute atomic E-state index is 13.4. The molecule has 0 bridgehead atoms. The number of benzene rings is 1. The van der Waals surface area contributed by atoms with Crippen LogP contribution in [-0.4, -0.2) is 25.2 Å². The maximum Gasteiger partial charge on any atom is 0.325 e. The number of hydrogen-bond acceptors (Lipinski definition) is 3. The van der Waals surface area contributed by atoms with Crippen molar-refractivity contribution in [3.8, 4) is 0 Å². The second-order valence-corrected chi connectivity index (χ2v) is 4.21. The Morgan fingerprint density at radius 3 is 2.63 bits per heavy atom. The van der Waals surface area contributed by atoms with Gasteiger partial charge in [-0.15, -0.1) is 0 Å². The zero-order valence-corrected chi connectivity index (χ0v) is 11.5. The molecule has 0 unspecified atom stereocenters. The summed E-state index contributed by atoms with van der Waals surface area (Å²) in [7, 11) is 0. The largest absolute Gasteiger partial charge is 0.465 e. The molecular formula is C11H11BrF2N2O3. The van der Waals surface area contributed by atoms with Gasteiger partial charge in [0.2, 0.25) is 0 Å². The Labute approximate surface area is 116 Å². The molecule has 5 nitrogen and oxygen atoms in total. The molecule has 0 atom stereocenters. The van der Waals surface area contributed by atoms with Crippen molar-refractivity contribution < 1.29 is 23.1 Å². The van der Waals surface area contributed by atoms with E-state index in [4.69, 9.17) is 0 Å². The van der Waals surface area contributed by atoms with Crippen molar-refractivity contribution in [3.63, 3.8) is 0 Å². The molecule has 0 spiro atoms. The normalized spacial score (nSPS) is 9.89. The average molecular weight is 337 g/mol. The van der Waals surface area contributed by atoms with E-state index in [0.29, 0.717) is 0 Å². The molecular weight excluding hydrogens is 326 g/mol. The molecule has 0 saturated heterocycles. The van der Waals surface area contributed by atoms with Crippen molar-refractivity contribution in [1.82, 2.24) is 5.32 Å². The van der Waals surface area contributed by atoms with Crippen LogP contribution in [0.15, 0.2) is 16.6 Å². The summed E-state index contributed by atoms with van der Waals surface area (Å²) < 4.78 is 31.1. The summed E-state index contributed by atoms with van der Waals surface area (Å²) in [5.41, 5.74) is -0.331. The first-order valence-electron chi connectivity index (χ1n) is 5.29. The van der Waals surface area contributed by atoms with E-state index in [-0.39, 0.29) is 23.3 Å². The second kappa shape index (κ2) is 7.03. The van der Waals surface area contributed by atoms with Gasteiger partial charge in [0.1, 0.15) is 18.2 Å². The standard InChI is InChI=1S/C11H11BrF2N2O3/c1-2-19-10(17)5-15-11(18)16-9-4-7(13)6(12)3-8(9)14/h3-4H,2,5H2,1H3,(H2,15,16,18). The summed E-state index contributed by atoms with van der Waals surface area (Å²) in [4.78, 5) is 22.3. The van der Waals surface area contributed by atoms with Gasteiger partial charge in [-0.1, -0.05) is 0 Å². The second-order valence-electron chi connectivity index (χ2n) is 3.36. The van der Waals surface area contributed by atoms with E-state index in [1.807, 2.05) is 0 Å². The molecule has 8 heteroatoms. The fraction of sp³-hybridized carbons (Fsp3) is 0.273. The SMILES string of the molecule is CCOC(=O)CNC(=O)Nc1cc(F)c(Br)cc1F. The molecule has 0 heterocycles. The Kier molecular flexibility index (Phi) is 5.68. The van der Waals surface area contributed by atoms with Crippen LogP contribution in [0.25, 0.3) is 0 Å². The van der Waals surface area contributed by atoms with Gasteiger partial charge in [-0.2, -0.15) is 0 Å². The number of carbonyl (C=O) groups excluding carboxylic acids is 2. The van der Waals surface area contributed by atoms with E-state index < -0.39 is 23.6 Å². The minimum atomic E-state index is -0.839. The number of ether oxygens (including phenoxy) is 1. The van der Waals surface area contributed by atoms with E-state index in [1.165, 1.54) is 0 Å². The van der Waals surface area contributed by atoms with E-state index in [1.54, 1.807) is 6.92 Å². The van der Waals surface area contributed by atoms with Crippen molar-refractivity contribution in [1.29, 1.82) is 0 Å². The van der Waals surface area contributed by atoms with Crippen molar-refractivity contribution in [2.75, 3.05) is 18.5 Å². The summed E-state index contributed by atoms with van der Waals surface area (Å²) in [5, 5.41) is 4.23. The summed E-state index contributed by atoms with van der Waals surface area (Å²) in [6.07, 6.45) is 0. The zero-order chi connectivity index (χ0) is 14.4. The van der Waals surface area contributed by atoms with Gasteiger partial charge >= 0.3 is 12.0 Å². The van der Waals surface area contributed by atoms with E-state index in [2.05, 4.69) is 31.3 Å². The lowest BCUT2D eigenvalue weighted by Crippen LogP contribution is -2.34. The maximum atomic E-state index is 13.4. The van der Waals surface area contributed by atoms with Crippen LogP contribution in [0, 0.1) is 11.6 Å². The quantitative estimate of drug-likeness (QED) is 0.655. The van der Waals surface area contributed by atoms with Crippen molar-refractivity contribution in [2.45, 2.75) is 6.92 Å². The van der Waals surface area contributed by atoms with Crippen molar-refractivity contribution in [3.05, 3.63) is 28.2 Å². The topological polar surface area (TPSA) is 67.4 Å². The number of amides is 2. The van der Waals surface area contributed by atoms with E-state index in [0.717, 1.165) is 12.1 Å². The summed E-state index contributed by atoms with van der Waals surface area (Å²) in [6.45, 7) is 1.45. The Morgan fingerprint density at radius 1 is 1.32 bits per heavy atom. The molecule has 0 aliphatic carbocycles. The lowest BCUT2D eigenvalue weighted by molar-refractivity contribution is -0.141. The van der Waals surface area contributed by atoms with Crippen LogP contribution in [0.4, 0.5) is 19.3 Å². The lowest BCUT2D eigenvalue weighted by atomic mass is 10.3. The monoisotopic (exact) mass is 336 g/mol. The fourth-order valence-electron chi connectivity index (χ4n) is 1.15. The van der Waals surface area contributed by atoms with E-state index >= 15 is 0 Å². The molecule has 2 amide bonds. The zero-order valence-electron chi connectivity index (χ0n) is 9.93. The molecule has 1 aromatic carbocycles. The molecule has 104 valence electrons. The first kappa shape index (κ1) is 15.4. The first-order valence-corrected chi connectivity index (χ1v) is 6.08. The third-order valence-corrected chi connectivity index (χ3v) is 2.56. The van der Waals surface area contributed by atoms with Gasteiger partial charge in [0, 0.05) is 6.07 Å². The number of hydrogen-bond donors (Lipinski definition) is 2. The number of nitrogens with one attached hydrogen (secondary N) is 2. The van der Waals surface area contributed by atoms with Gasteiger partial charge in [-0.05, 0) is 28.9 Å². The number of carbonyl (C=O) groups is 2. The third-order valence-electron chi connectivity index (χ3n) is 1.96. The van der Waals surface area contributed by atoms with Crippen LogP contribution < -0.4 is 10.6 Å². The predicted molar refractivity (Wildman–Crippen MR) is 67.7 cm³/mol. The number of urea groups is 1. The highest BCUT2D eigenvalue weighted by molar-refractivity contribution is 9.10. The minimum Gasteiger partial charge on any atom is -0.465 e. The van der Waals surface area contributed by atoms with Gasteiger partial charge in [-0.25, -0.2) is 13.6 Å². The molecule has 2 N–H and O–H groups in total. The molecule has 0 aliphatic heterocycles. The van der Waals surface area contributed by atoms with Crippen LogP contribution >= 0.6 is 15.9 Å². The van der Waals surface area contributed by atoms with Crippen LogP contribution in [0.5, 0.6) is 0 Å². The van der Waals surface area contributed by atoms with E-state index in [9.17, 15) is 18.4 Å². The highest BCUT2D eigenvalue weighted by Gasteiger charge is 2.12. The molecule has 0 aliphatic rings. The summed E-state index contributed by atoms with van der Waals surface area (Å²) >= 11 is 2.81. The number of esters is 1. The number of anilines is 1. The Morgan fingerprint density at radius 2 is 2.00 bits per heavy atom. The molecule has 0 saturated carbocycles. The molecule has 1 aromatic rings. The highest BCUT2D eigenvalue weighted by Crippen LogP contribution is 2.23. The Bertz CT molecular complexity index is 497. The van der Waals surface area contributed by atoms with Crippen LogP contribution in [0.3, 0.4) is 0 Å². The van der Waals surface area contributed by atoms with Gasteiger partial charge in [0.25, 0.3) is 0 Å². The van der Waals surface area contributed by atoms with Crippen molar-refractivity contribution >= 4 is 33.6 Å².